The molecule has 0 aliphatic carbocycles. The number of benzene rings is 2. The van der Waals surface area contributed by atoms with Crippen LogP contribution in [0.1, 0.15) is 10.4 Å². The zero-order valence-corrected chi connectivity index (χ0v) is 15.0. The van der Waals surface area contributed by atoms with E-state index in [1.165, 1.54) is 4.90 Å². The van der Waals surface area contributed by atoms with Crippen molar-refractivity contribution in [3.63, 3.8) is 0 Å². The minimum atomic E-state index is -0.347. The van der Waals surface area contributed by atoms with Gasteiger partial charge in [-0.1, -0.05) is 29.8 Å². The molecule has 6 nitrogen and oxygen atoms in total. The molecule has 1 aliphatic heterocycles. The molecule has 1 N–H and O–H groups in total. The first kappa shape index (κ1) is 18.1. The van der Waals surface area contributed by atoms with E-state index in [-0.39, 0.29) is 24.5 Å². The van der Waals surface area contributed by atoms with Crippen molar-refractivity contribution in [2.24, 2.45) is 0 Å². The highest BCUT2D eigenvalue weighted by Crippen LogP contribution is 2.30. The Bertz CT molecular complexity index is 812. The number of amides is 2. The Hall–Kier alpha value is -2.73. The first-order chi connectivity index (χ1) is 12.5. The van der Waals surface area contributed by atoms with E-state index < -0.39 is 0 Å². The molecule has 7 heteroatoms. The van der Waals surface area contributed by atoms with E-state index in [1.54, 1.807) is 31.3 Å². The van der Waals surface area contributed by atoms with Crippen molar-refractivity contribution in [3.8, 4) is 11.5 Å². The molecule has 1 unspecified atom stereocenters. The number of nitrogens with one attached hydrogen (secondary N) is 1. The van der Waals surface area contributed by atoms with Gasteiger partial charge in [0, 0.05) is 17.6 Å². The molecule has 3 rings (SSSR count). The molecule has 0 radical (unpaired) electrons. The van der Waals surface area contributed by atoms with E-state index in [1.807, 2.05) is 24.3 Å². The predicted molar refractivity (Wildman–Crippen MR) is 97.8 cm³/mol. The fourth-order valence-electron chi connectivity index (χ4n) is 2.58. The van der Waals surface area contributed by atoms with Crippen molar-refractivity contribution in [1.29, 1.82) is 0 Å². The molecule has 0 saturated heterocycles. The number of ether oxygens (including phenoxy) is 2. The molecule has 2 aromatic carbocycles. The third-order valence-corrected chi connectivity index (χ3v) is 4.19. The molecule has 0 bridgehead atoms. The second-order valence-electron chi connectivity index (χ2n) is 5.96. The number of hydrogen-bond donors (Lipinski definition) is 1. The number of hydrogen-bond acceptors (Lipinski definition) is 4. The van der Waals surface area contributed by atoms with Gasteiger partial charge < -0.3 is 19.7 Å². The molecule has 1 aliphatic rings. The lowest BCUT2D eigenvalue weighted by Crippen LogP contribution is -2.45. The Balaban J connectivity index is 1.48. The Kier molecular flexibility index (Phi) is 5.63. The van der Waals surface area contributed by atoms with Crippen LogP contribution in [0.15, 0.2) is 48.5 Å². The summed E-state index contributed by atoms with van der Waals surface area (Å²) >= 11 is 5.87. The highest BCUT2D eigenvalue weighted by atomic mass is 35.5. The molecular weight excluding hydrogens is 356 g/mol. The minimum Gasteiger partial charge on any atom is -0.486 e. The number of carbonyl (C=O) groups excluding carboxylic acids is 2. The number of para-hydroxylation sites is 2. The van der Waals surface area contributed by atoms with E-state index in [9.17, 15) is 9.59 Å². The van der Waals surface area contributed by atoms with Crippen molar-refractivity contribution >= 4 is 23.4 Å². The van der Waals surface area contributed by atoms with Crippen molar-refractivity contribution < 1.29 is 19.1 Å². The van der Waals surface area contributed by atoms with Gasteiger partial charge in [-0.05, 0) is 30.3 Å². The number of rotatable bonds is 5. The van der Waals surface area contributed by atoms with Gasteiger partial charge in [0.15, 0.2) is 17.6 Å². The van der Waals surface area contributed by atoms with Gasteiger partial charge in [-0.2, -0.15) is 0 Å². The third kappa shape index (κ3) is 4.46. The van der Waals surface area contributed by atoms with Crippen molar-refractivity contribution in [2.45, 2.75) is 6.10 Å². The monoisotopic (exact) mass is 374 g/mol. The van der Waals surface area contributed by atoms with Gasteiger partial charge in [0.05, 0.1) is 13.1 Å². The molecule has 0 fully saturated rings. The smallest absolute Gasteiger partial charge is 0.251 e. The Labute approximate surface area is 156 Å². The molecule has 136 valence electrons. The SMILES string of the molecule is CN(CC1COc2ccccc2O1)C(=O)CNC(=O)c1cccc(Cl)c1. The predicted octanol–water partition coefficient (Wildman–Crippen LogP) is 2.37. The second kappa shape index (κ2) is 8.10. The van der Waals surface area contributed by atoms with Gasteiger partial charge in [0.25, 0.3) is 5.91 Å². The first-order valence-electron chi connectivity index (χ1n) is 8.19. The zero-order valence-electron chi connectivity index (χ0n) is 14.3. The summed E-state index contributed by atoms with van der Waals surface area (Å²) in [6.07, 6.45) is -0.262. The summed E-state index contributed by atoms with van der Waals surface area (Å²) in [4.78, 5) is 25.8. The summed E-state index contributed by atoms with van der Waals surface area (Å²) in [5.74, 6) is 0.800. The lowest BCUT2D eigenvalue weighted by molar-refractivity contribution is -0.130. The number of halogens is 1. The Morgan fingerprint density at radius 1 is 1.19 bits per heavy atom. The summed E-state index contributed by atoms with van der Waals surface area (Å²) < 4.78 is 11.5. The van der Waals surface area contributed by atoms with Crippen LogP contribution in [0.25, 0.3) is 0 Å². The Morgan fingerprint density at radius 2 is 1.96 bits per heavy atom. The van der Waals surface area contributed by atoms with Gasteiger partial charge in [-0.25, -0.2) is 0 Å². The summed E-state index contributed by atoms with van der Waals surface area (Å²) in [5, 5.41) is 3.07. The van der Waals surface area contributed by atoms with E-state index in [4.69, 9.17) is 21.1 Å². The first-order valence-corrected chi connectivity index (χ1v) is 8.57. The molecule has 1 atom stereocenters. The number of likely N-dealkylation sites (N-methyl/N-ethyl adjacent to an activating group) is 1. The van der Waals surface area contributed by atoms with Gasteiger partial charge >= 0.3 is 0 Å². The van der Waals surface area contributed by atoms with E-state index >= 15 is 0 Å². The molecule has 26 heavy (non-hydrogen) atoms. The molecule has 1 heterocycles. The van der Waals surface area contributed by atoms with E-state index in [2.05, 4.69) is 5.32 Å². The van der Waals surface area contributed by atoms with Crippen LogP contribution in [0.3, 0.4) is 0 Å². The fourth-order valence-corrected chi connectivity index (χ4v) is 2.77. The highest BCUT2D eigenvalue weighted by molar-refractivity contribution is 6.30. The standard InChI is InChI=1S/C19H19ClN2O4/c1-22(11-15-12-25-16-7-2-3-8-17(16)26-15)18(23)10-21-19(24)13-5-4-6-14(20)9-13/h2-9,15H,10-12H2,1H3,(H,21,24). The van der Waals surface area contributed by atoms with Crippen LogP contribution >= 0.6 is 11.6 Å². The highest BCUT2D eigenvalue weighted by Gasteiger charge is 2.23. The quantitative estimate of drug-likeness (QED) is 0.872. The van der Waals surface area contributed by atoms with E-state index in [0.717, 1.165) is 0 Å². The maximum absolute atomic E-state index is 12.3. The topological polar surface area (TPSA) is 67.9 Å². The molecule has 0 saturated carbocycles. The van der Waals surface area contributed by atoms with Crippen molar-refractivity contribution in [3.05, 3.63) is 59.1 Å². The van der Waals surface area contributed by atoms with E-state index in [0.29, 0.717) is 35.2 Å². The lowest BCUT2D eigenvalue weighted by atomic mass is 10.2. The minimum absolute atomic E-state index is 0.105. The van der Waals surface area contributed by atoms with Crippen LogP contribution in [0.4, 0.5) is 0 Å². The van der Waals surface area contributed by atoms with Crippen LogP contribution in [0.5, 0.6) is 11.5 Å². The van der Waals surface area contributed by atoms with Crippen LogP contribution in [0.2, 0.25) is 5.02 Å². The molecule has 0 aromatic heterocycles. The molecule has 2 amide bonds. The van der Waals surface area contributed by atoms with Gasteiger partial charge in [-0.15, -0.1) is 0 Å². The number of fused-ring (bicyclic) bond motifs is 1. The van der Waals surface area contributed by atoms with Gasteiger partial charge in [-0.3, -0.25) is 9.59 Å². The van der Waals surface area contributed by atoms with Crippen LogP contribution in [-0.4, -0.2) is 49.6 Å². The molecule has 0 spiro atoms. The van der Waals surface area contributed by atoms with Crippen LogP contribution in [0, 0.1) is 0 Å². The lowest BCUT2D eigenvalue weighted by Gasteiger charge is -2.29. The summed E-state index contributed by atoms with van der Waals surface area (Å²) in [7, 11) is 1.66. The van der Waals surface area contributed by atoms with Gasteiger partial charge in [0.2, 0.25) is 5.91 Å². The maximum Gasteiger partial charge on any atom is 0.251 e. The third-order valence-electron chi connectivity index (χ3n) is 3.96. The summed E-state index contributed by atoms with van der Waals surface area (Å²) in [5.41, 5.74) is 0.411. The van der Waals surface area contributed by atoms with Gasteiger partial charge in [0.1, 0.15) is 6.61 Å². The average Bonchev–Trinajstić information content (AvgIpc) is 2.65. The average molecular weight is 375 g/mol. The Morgan fingerprint density at radius 3 is 2.73 bits per heavy atom. The largest absolute Gasteiger partial charge is 0.486 e. The maximum atomic E-state index is 12.3. The van der Waals surface area contributed by atoms with Crippen molar-refractivity contribution in [1.82, 2.24) is 10.2 Å². The van der Waals surface area contributed by atoms with Crippen molar-refractivity contribution in [2.75, 3.05) is 26.7 Å². The number of nitrogens with zero attached hydrogens (tertiary/aromatic N) is 1. The zero-order chi connectivity index (χ0) is 18.5. The normalized spacial score (nSPS) is 15.2. The van der Waals surface area contributed by atoms with Crippen LogP contribution < -0.4 is 14.8 Å². The molecular formula is C19H19ClN2O4. The van der Waals surface area contributed by atoms with Crippen LogP contribution in [-0.2, 0) is 4.79 Å². The second-order valence-corrected chi connectivity index (χ2v) is 6.40. The summed E-state index contributed by atoms with van der Waals surface area (Å²) in [6.45, 7) is 0.621. The fraction of sp³-hybridized carbons (Fsp3) is 0.263. The summed E-state index contributed by atoms with van der Waals surface area (Å²) in [6, 6.07) is 14.0. The molecule has 2 aromatic rings. The number of carbonyl (C=O) groups is 2.